The van der Waals surface area contributed by atoms with Gasteiger partial charge in [-0.3, -0.25) is 14.9 Å². The van der Waals surface area contributed by atoms with Gasteiger partial charge >= 0.3 is 0 Å². The zero-order chi connectivity index (χ0) is 15.4. The zero-order valence-corrected chi connectivity index (χ0v) is 13.3. The van der Waals surface area contributed by atoms with E-state index in [-0.39, 0.29) is 0 Å². The normalized spacial score (nSPS) is 19.1. The highest BCUT2D eigenvalue weighted by Gasteiger charge is 2.23. The molecule has 3 rings (SSSR count). The van der Waals surface area contributed by atoms with E-state index >= 15 is 0 Å². The summed E-state index contributed by atoms with van der Waals surface area (Å²) in [5.74, 6) is 1.45. The lowest BCUT2D eigenvalue weighted by Gasteiger charge is -2.32. The number of anilines is 1. The number of rotatable bonds is 4. The summed E-state index contributed by atoms with van der Waals surface area (Å²) in [5, 5.41) is 3.18. The molecule has 0 aromatic carbocycles. The maximum atomic E-state index is 4.66. The van der Waals surface area contributed by atoms with Crippen LogP contribution in [-0.4, -0.2) is 40.0 Å². The highest BCUT2D eigenvalue weighted by Crippen LogP contribution is 2.27. The first-order valence-electron chi connectivity index (χ1n) is 7.89. The van der Waals surface area contributed by atoms with E-state index in [0.717, 1.165) is 36.8 Å². The van der Waals surface area contributed by atoms with E-state index in [4.69, 9.17) is 0 Å². The average Bonchev–Trinajstić information content (AvgIpc) is 2.56. The van der Waals surface area contributed by atoms with E-state index < -0.39 is 0 Å². The predicted octanol–water partition coefficient (Wildman–Crippen LogP) is 2.60. The Labute approximate surface area is 131 Å². The van der Waals surface area contributed by atoms with E-state index in [1.165, 1.54) is 18.4 Å². The first-order valence-corrected chi connectivity index (χ1v) is 7.89. The quantitative estimate of drug-likeness (QED) is 0.940. The van der Waals surface area contributed by atoms with E-state index in [2.05, 4.69) is 31.2 Å². The second-order valence-electron chi connectivity index (χ2n) is 5.92. The van der Waals surface area contributed by atoms with Gasteiger partial charge in [0.1, 0.15) is 5.82 Å². The Bertz CT molecular complexity index is 628. The Hall–Kier alpha value is -2.01. The number of nitrogens with zero attached hydrogens (tertiary/aromatic N) is 4. The van der Waals surface area contributed by atoms with E-state index in [1.807, 2.05) is 38.6 Å². The van der Waals surface area contributed by atoms with Crippen molar-refractivity contribution in [3.63, 3.8) is 0 Å². The SMILES string of the molecule is CNc1ncccc1CN1CCC[C@H](c2cncc(C)n2)C1. The minimum atomic E-state index is 0.482. The molecule has 3 heterocycles. The second-order valence-corrected chi connectivity index (χ2v) is 5.92. The van der Waals surface area contributed by atoms with Crippen LogP contribution in [0.3, 0.4) is 0 Å². The molecule has 22 heavy (non-hydrogen) atoms. The Morgan fingerprint density at radius 3 is 3.09 bits per heavy atom. The van der Waals surface area contributed by atoms with Crippen molar-refractivity contribution in [2.24, 2.45) is 0 Å². The van der Waals surface area contributed by atoms with Gasteiger partial charge in [-0.15, -0.1) is 0 Å². The van der Waals surface area contributed by atoms with Crippen molar-refractivity contribution < 1.29 is 0 Å². The molecule has 5 heteroatoms. The topological polar surface area (TPSA) is 53.9 Å². The van der Waals surface area contributed by atoms with Crippen molar-refractivity contribution in [2.45, 2.75) is 32.2 Å². The van der Waals surface area contributed by atoms with Crippen LogP contribution in [0, 0.1) is 6.92 Å². The number of pyridine rings is 1. The largest absolute Gasteiger partial charge is 0.373 e. The van der Waals surface area contributed by atoms with Gasteiger partial charge < -0.3 is 5.32 Å². The third-order valence-electron chi connectivity index (χ3n) is 4.22. The molecule has 1 aliphatic rings. The number of piperidine rings is 1. The van der Waals surface area contributed by atoms with Gasteiger partial charge in [0.05, 0.1) is 11.4 Å². The molecule has 0 aliphatic carbocycles. The van der Waals surface area contributed by atoms with Gasteiger partial charge in [-0.1, -0.05) is 6.07 Å². The summed E-state index contributed by atoms with van der Waals surface area (Å²) in [6, 6.07) is 4.15. The van der Waals surface area contributed by atoms with Gasteiger partial charge in [-0.05, 0) is 32.4 Å². The number of hydrogen-bond acceptors (Lipinski definition) is 5. The monoisotopic (exact) mass is 297 g/mol. The molecule has 0 spiro atoms. The molecular weight excluding hydrogens is 274 g/mol. The molecule has 0 saturated carbocycles. The van der Waals surface area contributed by atoms with Crippen LogP contribution in [0.25, 0.3) is 0 Å². The smallest absolute Gasteiger partial charge is 0.130 e. The van der Waals surface area contributed by atoms with E-state index in [0.29, 0.717) is 5.92 Å². The first kappa shape index (κ1) is 14.9. The molecule has 2 aromatic heterocycles. The molecule has 5 nitrogen and oxygen atoms in total. The van der Waals surface area contributed by atoms with Gasteiger partial charge in [0.15, 0.2) is 0 Å². The summed E-state index contributed by atoms with van der Waals surface area (Å²) in [5.41, 5.74) is 3.38. The maximum Gasteiger partial charge on any atom is 0.130 e. The Balaban J connectivity index is 1.70. The standard InChI is InChI=1S/C17H23N5/c1-13-9-19-10-16(21-13)14-6-4-8-22(11-14)12-15-5-3-7-20-17(15)18-2/h3,5,7,9-10,14H,4,6,8,11-12H2,1-2H3,(H,18,20)/t14-/m0/s1. The number of hydrogen-bond donors (Lipinski definition) is 1. The Morgan fingerprint density at radius 2 is 2.27 bits per heavy atom. The molecule has 0 amide bonds. The van der Waals surface area contributed by atoms with E-state index in [9.17, 15) is 0 Å². The molecule has 1 saturated heterocycles. The van der Waals surface area contributed by atoms with Gasteiger partial charge in [0.2, 0.25) is 0 Å². The molecule has 1 fully saturated rings. The molecule has 0 unspecified atom stereocenters. The molecule has 1 atom stereocenters. The van der Waals surface area contributed by atoms with Crippen LogP contribution >= 0.6 is 0 Å². The van der Waals surface area contributed by atoms with Crippen LogP contribution in [0.4, 0.5) is 5.82 Å². The highest BCUT2D eigenvalue weighted by molar-refractivity contribution is 5.42. The summed E-state index contributed by atoms with van der Waals surface area (Å²) >= 11 is 0. The van der Waals surface area contributed by atoms with Crippen molar-refractivity contribution >= 4 is 5.82 Å². The summed E-state index contributed by atoms with van der Waals surface area (Å²) in [4.78, 5) is 15.8. The Kier molecular flexibility index (Phi) is 4.63. The van der Waals surface area contributed by atoms with Crippen LogP contribution in [0.15, 0.2) is 30.7 Å². The first-order chi connectivity index (χ1) is 10.8. The fourth-order valence-corrected chi connectivity index (χ4v) is 3.15. The van der Waals surface area contributed by atoms with Crippen molar-refractivity contribution in [3.8, 4) is 0 Å². The third-order valence-corrected chi connectivity index (χ3v) is 4.22. The molecule has 1 N–H and O–H groups in total. The van der Waals surface area contributed by atoms with Crippen LogP contribution in [0.1, 0.15) is 35.7 Å². The lowest BCUT2D eigenvalue weighted by Crippen LogP contribution is -2.34. The predicted molar refractivity (Wildman–Crippen MR) is 87.8 cm³/mol. The second kappa shape index (κ2) is 6.83. The average molecular weight is 297 g/mol. The van der Waals surface area contributed by atoms with Crippen LogP contribution in [-0.2, 0) is 6.54 Å². The molecule has 0 bridgehead atoms. The molecule has 2 aromatic rings. The molecule has 116 valence electrons. The highest BCUT2D eigenvalue weighted by atomic mass is 15.1. The lowest BCUT2D eigenvalue weighted by molar-refractivity contribution is 0.198. The molecule has 1 aliphatic heterocycles. The van der Waals surface area contributed by atoms with Crippen LogP contribution in [0.5, 0.6) is 0 Å². The minimum Gasteiger partial charge on any atom is -0.373 e. The molecule has 0 radical (unpaired) electrons. The van der Waals surface area contributed by atoms with Crippen molar-refractivity contribution in [2.75, 3.05) is 25.5 Å². The molecular formula is C17H23N5. The lowest BCUT2D eigenvalue weighted by atomic mass is 9.94. The van der Waals surface area contributed by atoms with Crippen molar-refractivity contribution in [1.29, 1.82) is 0 Å². The summed E-state index contributed by atoms with van der Waals surface area (Å²) in [6.07, 6.45) is 7.97. The number of aryl methyl sites for hydroxylation is 1. The Morgan fingerprint density at radius 1 is 1.36 bits per heavy atom. The van der Waals surface area contributed by atoms with Gasteiger partial charge in [-0.2, -0.15) is 0 Å². The fraction of sp³-hybridized carbons (Fsp3) is 0.471. The number of aromatic nitrogens is 3. The van der Waals surface area contributed by atoms with Crippen LogP contribution < -0.4 is 5.32 Å². The summed E-state index contributed by atoms with van der Waals surface area (Å²) in [7, 11) is 1.92. The summed E-state index contributed by atoms with van der Waals surface area (Å²) < 4.78 is 0. The van der Waals surface area contributed by atoms with E-state index in [1.54, 1.807) is 0 Å². The number of likely N-dealkylation sites (tertiary alicyclic amines) is 1. The zero-order valence-electron chi connectivity index (χ0n) is 13.3. The number of nitrogens with one attached hydrogen (secondary N) is 1. The maximum absolute atomic E-state index is 4.66. The third kappa shape index (κ3) is 3.42. The van der Waals surface area contributed by atoms with Crippen molar-refractivity contribution in [1.82, 2.24) is 19.9 Å². The van der Waals surface area contributed by atoms with Gasteiger partial charge in [0.25, 0.3) is 0 Å². The van der Waals surface area contributed by atoms with Crippen molar-refractivity contribution in [3.05, 3.63) is 47.7 Å². The van der Waals surface area contributed by atoms with Gasteiger partial charge in [0, 0.05) is 50.2 Å². The minimum absolute atomic E-state index is 0.482. The fourth-order valence-electron chi connectivity index (χ4n) is 3.15. The van der Waals surface area contributed by atoms with Crippen LogP contribution in [0.2, 0.25) is 0 Å². The summed E-state index contributed by atoms with van der Waals surface area (Å²) in [6.45, 7) is 5.11. The van der Waals surface area contributed by atoms with Gasteiger partial charge in [-0.25, -0.2) is 4.98 Å².